The summed E-state index contributed by atoms with van der Waals surface area (Å²) >= 11 is 0. The molecular formula is C14H18N6. The minimum Gasteiger partial charge on any atom is -0.337 e. The second-order valence-corrected chi connectivity index (χ2v) is 4.77. The summed E-state index contributed by atoms with van der Waals surface area (Å²) in [6.07, 6.45) is 8.35. The van der Waals surface area contributed by atoms with Gasteiger partial charge >= 0.3 is 0 Å². The Bertz CT molecular complexity index is 533. The average molecular weight is 270 g/mol. The molecule has 6 heteroatoms. The van der Waals surface area contributed by atoms with Gasteiger partial charge in [-0.3, -0.25) is 0 Å². The molecule has 3 rings (SSSR count). The largest absolute Gasteiger partial charge is 0.337 e. The fourth-order valence-electron chi connectivity index (χ4n) is 2.25. The molecule has 0 saturated carbocycles. The Kier molecular flexibility index (Phi) is 3.71. The quantitative estimate of drug-likeness (QED) is 0.834. The number of piperazine rings is 1. The van der Waals surface area contributed by atoms with Gasteiger partial charge in [0.15, 0.2) is 0 Å². The van der Waals surface area contributed by atoms with Crippen molar-refractivity contribution in [1.29, 1.82) is 0 Å². The normalized spacial score (nSPS) is 15.4. The summed E-state index contributed by atoms with van der Waals surface area (Å²) in [6.45, 7) is 5.68. The Hall–Kier alpha value is -2.24. The molecule has 3 heterocycles. The van der Waals surface area contributed by atoms with Crippen molar-refractivity contribution in [3.63, 3.8) is 0 Å². The van der Waals surface area contributed by atoms with Crippen LogP contribution in [0.15, 0.2) is 30.9 Å². The first-order valence-electron chi connectivity index (χ1n) is 6.94. The molecule has 0 bridgehead atoms. The van der Waals surface area contributed by atoms with Crippen molar-refractivity contribution in [3.8, 4) is 0 Å². The SMILES string of the molecule is CCc1cnc(N2CCN(c3ncccn3)CC2)nc1. The summed E-state index contributed by atoms with van der Waals surface area (Å²) in [6, 6.07) is 1.84. The highest BCUT2D eigenvalue weighted by atomic mass is 15.3. The molecule has 1 aliphatic rings. The Morgan fingerprint density at radius 3 is 1.85 bits per heavy atom. The maximum atomic E-state index is 4.44. The van der Waals surface area contributed by atoms with Gasteiger partial charge in [0.1, 0.15) is 0 Å². The fourth-order valence-corrected chi connectivity index (χ4v) is 2.25. The first-order valence-corrected chi connectivity index (χ1v) is 6.94. The second kappa shape index (κ2) is 5.81. The standard InChI is InChI=1S/C14H18N6/c1-2-12-10-17-14(18-11-12)20-8-6-19(7-9-20)13-15-4-3-5-16-13/h3-5,10-11H,2,6-9H2,1H3. The van der Waals surface area contributed by atoms with Crippen LogP contribution in [-0.2, 0) is 6.42 Å². The topological polar surface area (TPSA) is 58.0 Å². The van der Waals surface area contributed by atoms with Gasteiger partial charge in [-0.15, -0.1) is 0 Å². The zero-order valence-electron chi connectivity index (χ0n) is 11.6. The fraction of sp³-hybridized carbons (Fsp3) is 0.429. The lowest BCUT2D eigenvalue weighted by molar-refractivity contribution is 0.627. The van der Waals surface area contributed by atoms with E-state index in [1.165, 1.54) is 5.56 Å². The zero-order chi connectivity index (χ0) is 13.8. The van der Waals surface area contributed by atoms with Crippen molar-refractivity contribution in [1.82, 2.24) is 19.9 Å². The highest BCUT2D eigenvalue weighted by Gasteiger charge is 2.20. The third-order valence-electron chi connectivity index (χ3n) is 3.50. The molecule has 1 saturated heterocycles. The molecule has 2 aromatic heterocycles. The molecule has 1 aliphatic heterocycles. The summed E-state index contributed by atoms with van der Waals surface area (Å²) in [7, 11) is 0. The molecule has 0 radical (unpaired) electrons. The van der Waals surface area contributed by atoms with Gasteiger partial charge in [0.25, 0.3) is 0 Å². The Labute approximate surface area is 118 Å². The van der Waals surface area contributed by atoms with Crippen molar-refractivity contribution < 1.29 is 0 Å². The van der Waals surface area contributed by atoms with Crippen molar-refractivity contribution in [2.75, 3.05) is 36.0 Å². The minimum atomic E-state index is 0.800. The summed E-state index contributed by atoms with van der Waals surface area (Å²) in [5, 5.41) is 0. The average Bonchev–Trinajstić information content (AvgIpc) is 2.56. The lowest BCUT2D eigenvalue weighted by Crippen LogP contribution is -2.47. The van der Waals surface area contributed by atoms with Crippen LogP contribution in [0.5, 0.6) is 0 Å². The number of hydrogen-bond acceptors (Lipinski definition) is 6. The molecule has 6 nitrogen and oxygen atoms in total. The first-order chi connectivity index (χ1) is 9.86. The summed E-state index contributed by atoms with van der Waals surface area (Å²) in [4.78, 5) is 21.8. The van der Waals surface area contributed by atoms with E-state index in [9.17, 15) is 0 Å². The van der Waals surface area contributed by atoms with E-state index in [0.717, 1.165) is 44.5 Å². The van der Waals surface area contributed by atoms with Crippen LogP contribution in [0.4, 0.5) is 11.9 Å². The number of aryl methyl sites for hydroxylation is 1. The van der Waals surface area contributed by atoms with Crippen molar-refractivity contribution >= 4 is 11.9 Å². The zero-order valence-corrected chi connectivity index (χ0v) is 11.6. The van der Waals surface area contributed by atoms with Crippen molar-refractivity contribution in [3.05, 3.63) is 36.4 Å². The van der Waals surface area contributed by atoms with E-state index in [1.54, 1.807) is 12.4 Å². The number of aromatic nitrogens is 4. The number of hydrogen-bond donors (Lipinski definition) is 0. The molecule has 0 unspecified atom stereocenters. The molecule has 2 aromatic rings. The van der Waals surface area contributed by atoms with Gasteiger partial charge in [0, 0.05) is 51.0 Å². The van der Waals surface area contributed by atoms with Crippen LogP contribution in [0.3, 0.4) is 0 Å². The highest BCUT2D eigenvalue weighted by molar-refractivity contribution is 5.37. The second-order valence-electron chi connectivity index (χ2n) is 4.77. The highest BCUT2D eigenvalue weighted by Crippen LogP contribution is 2.14. The molecule has 0 atom stereocenters. The van der Waals surface area contributed by atoms with Crippen LogP contribution in [0.25, 0.3) is 0 Å². The van der Waals surface area contributed by atoms with Gasteiger partial charge in [0.2, 0.25) is 11.9 Å². The third-order valence-corrected chi connectivity index (χ3v) is 3.50. The van der Waals surface area contributed by atoms with Gasteiger partial charge < -0.3 is 9.80 Å². The van der Waals surface area contributed by atoms with E-state index in [0.29, 0.717) is 0 Å². The van der Waals surface area contributed by atoms with Gasteiger partial charge in [0.05, 0.1) is 0 Å². The van der Waals surface area contributed by atoms with E-state index in [-0.39, 0.29) is 0 Å². The summed E-state index contributed by atoms with van der Waals surface area (Å²) in [5.41, 5.74) is 1.17. The van der Waals surface area contributed by atoms with E-state index in [2.05, 4.69) is 36.7 Å². The molecule has 0 N–H and O–H groups in total. The van der Waals surface area contributed by atoms with Crippen LogP contribution in [0.1, 0.15) is 12.5 Å². The molecular weight excluding hydrogens is 252 g/mol. The molecule has 0 spiro atoms. The minimum absolute atomic E-state index is 0.800. The Balaban J connectivity index is 1.63. The first kappa shape index (κ1) is 12.8. The third kappa shape index (κ3) is 2.68. The molecule has 20 heavy (non-hydrogen) atoms. The Morgan fingerprint density at radius 2 is 1.35 bits per heavy atom. The Morgan fingerprint density at radius 1 is 0.850 bits per heavy atom. The van der Waals surface area contributed by atoms with Gasteiger partial charge in [-0.25, -0.2) is 19.9 Å². The van der Waals surface area contributed by atoms with Gasteiger partial charge in [-0.1, -0.05) is 6.92 Å². The van der Waals surface area contributed by atoms with Crippen molar-refractivity contribution in [2.24, 2.45) is 0 Å². The predicted molar refractivity (Wildman–Crippen MR) is 77.9 cm³/mol. The maximum absolute atomic E-state index is 4.44. The van der Waals surface area contributed by atoms with E-state index in [1.807, 2.05) is 18.5 Å². The monoisotopic (exact) mass is 270 g/mol. The molecule has 0 amide bonds. The smallest absolute Gasteiger partial charge is 0.225 e. The summed E-state index contributed by atoms with van der Waals surface area (Å²) in [5.74, 6) is 1.62. The maximum Gasteiger partial charge on any atom is 0.225 e. The lowest BCUT2D eigenvalue weighted by atomic mass is 10.3. The van der Waals surface area contributed by atoms with E-state index >= 15 is 0 Å². The van der Waals surface area contributed by atoms with E-state index in [4.69, 9.17) is 0 Å². The molecule has 0 aromatic carbocycles. The summed E-state index contributed by atoms with van der Waals surface area (Å²) < 4.78 is 0. The van der Waals surface area contributed by atoms with Crippen LogP contribution in [0.2, 0.25) is 0 Å². The van der Waals surface area contributed by atoms with Gasteiger partial charge in [-0.2, -0.15) is 0 Å². The predicted octanol–water partition coefficient (Wildman–Crippen LogP) is 1.16. The number of nitrogens with zero attached hydrogens (tertiary/aromatic N) is 6. The lowest BCUT2D eigenvalue weighted by Gasteiger charge is -2.34. The molecule has 104 valence electrons. The number of rotatable bonds is 3. The van der Waals surface area contributed by atoms with Crippen LogP contribution in [-0.4, -0.2) is 46.1 Å². The van der Waals surface area contributed by atoms with Crippen LogP contribution in [0, 0.1) is 0 Å². The molecule has 1 fully saturated rings. The van der Waals surface area contributed by atoms with E-state index < -0.39 is 0 Å². The number of anilines is 2. The van der Waals surface area contributed by atoms with Crippen LogP contribution >= 0.6 is 0 Å². The van der Waals surface area contributed by atoms with Crippen molar-refractivity contribution in [2.45, 2.75) is 13.3 Å². The van der Waals surface area contributed by atoms with Crippen LogP contribution < -0.4 is 9.80 Å². The van der Waals surface area contributed by atoms with Gasteiger partial charge in [-0.05, 0) is 18.1 Å². The molecule has 0 aliphatic carbocycles.